The van der Waals surface area contributed by atoms with Gasteiger partial charge in [0.15, 0.2) is 0 Å². The highest BCUT2D eigenvalue weighted by molar-refractivity contribution is 5.95. The number of nitrogens with zero attached hydrogens (tertiary/aromatic N) is 2. The van der Waals surface area contributed by atoms with Crippen LogP contribution in [0.25, 0.3) is 0 Å². The highest BCUT2D eigenvalue weighted by Crippen LogP contribution is 2.19. The Morgan fingerprint density at radius 2 is 2.08 bits per heavy atom. The predicted molar refractivity (Wildman–Crippen MR) is 102 cm³/mol. The topological polar surface area (TPSA) is 52.7 Å². The first kappa shape index (κ1) is 19.4. The molecule has 0 saturated carbocycles. The lowest BCUT2D eigenvalue weighted by molar-refractivity contribution is -0.138. The normalized spacial score (nSPS) is 19.3. The Balaban J connectivity index is 1.90. The molecule has 1 fully saturated rings. The van der Waals surface area contributed by atoms with Crippen molar-refractivity contribution in [2.24, 2.45) is 5.92 Å². The lowest BCUT2D eigenvalue weighted by atomic mass is 9.99. The van der Waals surface area contributed by atoms with Crippen LogP contribution in [-0.2, 0) is 16.0 Å². The summed E-state index contributed by atoms with van der Waals surface area (Å²) in [7, 11) is 1.71. The van der Waals surface area contributed by atoms with Crippen LogP contribution in [0.1, 0.15) is 39.2 Å². The van der Waals surface area contributed by atoms with Gasteiger partial charge in [-0.2, -0.15) is 0 Å². The predicted octanol–water partition coefficient (Wildman–Crippen LogP) is 2.77. The van der Waals surface area contributed by atoms with Crippen LogP contribution < -0.4 is 5.32 Å². The third-order valence-electron chi connectivity index (χ3n) is 5.02. The van der Waals surface area contributed by atoms with Crippen LogP contribution in [0.15, 0.2) is 24.3 Å². The number of para-hydroxylation sites is 1. The average Bonchev–Trinajstić information content (AvgIpc) is 2.60. The number of hydrogen-bond acceptors (Lipinski definition) is 3. The molecule has 1 N–H and O–H groups in total. The van der Waals surface area contributed by atoms with Crippen molar-refractivity contribution in [3.63, 3.8) is 0 Å². The van der Waals surface area contributed by atoms with Crippen molar-refractivity contribution in [2.75, 3.05) is 32.0 Å². The number of likely N-dealkylation sites (N-methyl/N-ethyl adjacent to an activating group) is 1. The van der Waals surface area contributed by atoms with Crippen molar-refractivity contribution in [1.29, 1.82) is 0 Å². The molecule has 0 aliphatic carbocycles. The van der Waals surface area contributed by atoms with E-state index in [-0.39, 0.29) is 24.4 Å². The fraction of sp³-hybridized carbons (Fsp3) is 0.600. The maximum atomic E-state index is 12.7. The third-order valence-corrected chi connectivity index (χ3v) is 5.02. The minimum absolute atomic E-state index is 0.00743. The summed E-state index contributed by atoms with van der Waals surface area (Å²) in [5, 5.41) is 2.93. The van der Waals surface area contributed by atoms with Crippen LogP contribution in [0.5, 0.6) is 0 Å². The van der Waals surface area contributed by atoms with Gasteiger partial charge < -0.3 is 10.2 Å². The SMILES string of the molecule is CCc1ccccc1NC(=O)CN(C)C(=O)[C@@H](C)N1CCC[C@H](C)C1. The first-order chi connectivity index (χ1) is 11.9. The first-order valence-corrected chi connectivity index (χ1v) is 9.29. The molecule has 2 amide bonds. The van der Waals surface area contributed by atoms with Crippen LogP contribution >= 0.6 is 0 Å². The molecule has 5 nitrogen and oxygen atoms in total. The van der Waals surface area contributed by atoms with Crippen molar-refractivity contribution in [3.05, 3.63) is 29.8 Å². The van der Waals surface area contributed by atoms with E-state index < -0.39 is 0 Å². The Morgan fingerprint density at radius 1 is 1.36 bits per heavy atom. The number of carbonyl (C=O) groups is 2. The Morgan fingerprint density at radius 3 is 2.76 bits per heavy atom. The summed E-state index contributed by atoms with van der Waals surface area (Å²) in [4.78, 5) is 28.8. The summed E-state index contributed by atoms with van der Waals surface area (Å²) in [5.41, 5.74) is 1.93. The van der Waals surface area contributed by atoms with Gasteiger partial charge in [-0.15, -0.1) is 0 Å². The molecule has 5 heteroatoms. The lowest BCUT2D eigenvalue weighted by Gasteiger charge is -2.36. The molecule has 1 aromatic rings. The fourth-order valence-electron chi connectivity index (χ4n) is 3.49. The molecule has 1 aliphatic heterocycles. The number of nitrogens with one attached hydrogen (secondary N) is 1. The van der Waals surface area contributed by atoms with Crippen LogP contribution in [0.3, 0.4) is 0 Å². The van der Waals surface area contributed by atoms with Crippen LogP contribution in [-0.4, -0.2) is 54.3 Å². The summed E-state index contributed by atoms with van der Waals surface area (Å²) >= 11 is 0. The molecule has 0 unspecified atom stereocenters. The zero-order valence-electron chi connectivity index (χ0n) is 15.9. The van der Waals surface area contributed by atoms with Crippen molar-refractivity contribution < 1.29 is 9.59 Å². The molecular weight excluding hydrogens is 314 g/mol. The molecule has 138 valence electrons. The molecule has 1 heterocycles. The number of hydrogen-bond donors (Lipinski definition) is 1. The quantitative estimate of drug-likeness (QED) is 0.862. The summed E-state index contributed by atoms with van der Waals surface area (Å²) in [6.07, 6.45) is 3.22. The Labute approximate surface area is 151 Å². The molecule has 1 saturated heterocycles. The second-order valence-electron chi connectivity index (χ2n) is 7.17. The Kier molecular flexibility index (Phi) is 7.00. The van der Waals surface area contributed by atoms with E-state index in [1.54, 1.807) is 7.05 Å². The van der Waals surface area contributed by atoms with Crippen molar-refractivity contribution >= 4 is 17.5 Å². The van der Waals surface area contributed by atoms with E-state index in [0.717, 1.165) is 37.2 Å². The molecule has 0 bridgehead atoms. The van der Waals surface area contributed by atoms with Gasteiger partial charge in [-0.1, -0.05) is 32.0 Å². The number of anilines is 1. The van der Waals surface area contributed by atoms with E-state index in [1.165, 1.54) is 11.3 Å². The number of aryl methyl sites for hydroxylation is 1. The second kappa shape index (κ2) is 8.99. The van der Waals surface area contributed by atoms with E-state index in [2.05, 4.69) is 24.1 Å². The van der Waals surface area contributed by atoms with Gasteiger partial charge in [0, 0.05) is 19.3 Å². The second-order valence-corrected chi connectivity index (χ2v) is 7.17. The van der Waals surface area contributed by atoms with E-state index in [1.807, 2.05) is 31.2 Å². The standard InChI is InChI=1S/C20H31N3O2/c1-5-17-10-6-7-11-18(17)21-19(24)14-22(4)20(25)16(3)23-12-8-9-15(2)13-23/h6-7,10-11,15-16H,5,8-9,12-14H2,1-4H3,(H,21,24)/t15-,16+/m0/s1. The summed E-state index contributed by atoms with van der Waals surface area (Å²) in [6, 6.07) is 7.60. The van der Waals surface area contributed by atoms with Gasteiger partial charge in [0.2, 0.25) is 11.8 Å². The summed E-state index contributed by atoms with van der Waals surface area (Å²) in [6.45, 7) is 8.22. The summed E-state index contributed by atoms with van der Waals surface area (Å²) in [5.74, 6) is 0.479. The zero-order valence-corrected chi connectivity index (χ0v) is 15.9. The van der Waals surface area contributed by atoms with Gasteiger partial charge in [-0.25, -0.2) is 0 Å². The lowest BCUT2D eigenvalue weighted by Crippen LogP contribution is -2.50. The smallest absolute Gasteiger partial charge is 0.243 e. The van der Waals surface area contributed by atoms with Crippen LogP contribution in [0.4, 0.5) is 5.69 Å². The van der Waals surface area contributed by atoms with E-state index >= 15 is 0 Å². The maximum Gasteiger partial charge on any atom is 0.243 e. The molecule has 2 rings (SSSR count). The van der Waals surface area contributed by atoms with Crippen molar-refractivity contribution in [2.45, 2.75) is 46.1 Å². The Hall–Kier alpha value is -1.88. The van der Waals surface area contributed by atoms with Gasteiger partial charge in [-0.3, -0.25) is 14.5 Å². The Bertz CT molecular complexity index is 602. The molecule has 1 aromatic carbocycles. The van der Waals surface area contributed by atoms with Crippen LogP contribution in [0, 0.1) is 5.92 Å². The molecule has 25 heavy (non-hydrogen) atoms. The minimum atomic E-state index is -0.177. The van der Waals surface area contributed by atoms with Gasteiger partial charge in [0.1, 0.15) is 0 Å². The highest BCUT2D eigenvalue weighted by atomic mass is 16.2. The molecular formula is C20H31N3O2. The number of piperidine rings is 1. The average molecular weight is 345 g/mol. The monoisotopic (exact) mass is 345 g/mol. The maximum absolute atomic E-state index is 12.7. The molecule has 0 spiro atoms. The zero-order chi connectivity index (χ0) is 18.4. The van der Waals surface area contributed by atoms with E-state index in [9.17, 15) is 9.59 Å². The van der Waals surface area contributed by atoms with Gasteiger partial charge >= 0.3 is 0 Å². The molecule has 1 aliphatic rings. The van der Waals surface area contributed by atoms with Crippen molar-refractivity contribution in [1.82, 2.24) is 9.80 Å². The minimum Gasteiger partial charge on any atom is -0.335 e. The number of carbonyl (C=O) groups excluding carboxylic acids is 2. The number of benzene rings is 1. The molecule has 0 aromatic heterocycles. The fourth-order valence-corrected chi connectivity index (χ4v) is 3.49. The highest BCUT2D eigenvalue weighted by Gasteiger charge is 2.28. The van der Waals surface area contributed by atoms with E-state index in [0.29, 0.717) is 5.92 Å². The molecule has 0 radical (unpaired) electrons. The van der Waals surface area contributed by atoms with Gasteiger partial charge in [0.05, 0.1) is 12.6 Å². The van der Waals surface area contributed by atoms with Gasteiger partial charge in [-0.05, 0) is 50.3 Å². The largest absolute Gasteiger partial charge is 0.335 e. The van der Waals surface area contributed by atoms with Crippen LogP contribution in [0.2, 0.25) is 0 Å². The summed E-state index contributed by atoms with van der Waals surface area (Å²) < 4.78 is 0. The van der Waals surface area contributed by atoms with Crippen molar-refractivity contribution in [3.8, 4) is 0 Å². The number of amides is 2. The molecule has 2 atom stereocenters. The van der Waals surface area contributed by atoms with Gasteiger partial charge in [0.25, 0.3) is 0 Å². The number of rotatable bonds is 6. The number of likely N-dealkylation sites (tertiary alicyclic amines) is 1. The van der Waals surface area contributed by atoms with E-state index in [4.69, 9.17) is 0 Å². The third kappa shape index (κ3) is 5.30. The first-order valence-electron chi connectivity index (χ1n) is 9.29.